The van der Waals surface area contributed by atoms with Gasteiger partial charge in [0.2, 0.25) is 11.8 Å². The molecule has 2 aromatic carbocycles. The number of carbonyl (C=O) groups is 2. The minimum Gasteiger partial charge on any atom is -0.352 e. The molecule has 0 aliphatic carbocycles. The molecular formula is C23H30ClFN4O4S. The largest absolute Gasteiger partial charge is 0.352 e. The van der Waals surface area contributed by atoms with E-state index in [0.29, 0.717) is 10.6 Å². The molecule has 1 N–H and O–H groups in total. The third-order valence-corrected chi connectivity index (χ3v) is 7.07. The van der Waals surface area contributed by atoms with Gasteiger partial charge in [-0.2, -0.15) is 12.7 Å². The van der Waals surface area contributed by atoms with Gasteiger partial charge >= 0.3 is 10.2 Å². The first-order valence-electron chi connectivity index (χ1n) is 10.6. The van der Waals surface area contributed by atoms with Gasteiger partial charge in [0.25, 0.3) is 0 Å². The third kappa shape index (κ3) is 7.15. The van der Waals surface area contributed by atoms with Crippen LogP contribution in [0.4, 0.5) is 10.1 Å². The van der Waals surface area contributed by atoms with Gasteiger partial charge in [0.05, 0.1) is 5.69 Å². The highest BCUT2D eigenvalue weighted by molar-refractivity contribution is 7.90. The molecule has 0 aromatic heterocycles. The molecule has 0 aliphatic rings. The maximum absolute atomic E-state index is 13.5. The fourth-order valence-electron chi connectivity index (χ4n) is 3.10. The summed E-state index contributed by atoms with van der Waals surface area (Å²) in [5, 5.41) is 3.30. The average Bonchev–Trinajstić information content (AvgIpc) is 2.76. The summed E-state index contributed by atoms with van der Waals surface area (Å²) in [5.74, 6) is -1.52. The number of nitrogens with zero attached hydrogens (tertiary/aromatic N) is 3. The summed E-state index contributed by atoms with van der Waals surface area (Å²) in [6.07, 6.45) is 0. The minimum absolute atomic E-state index is 0.0575. The van der Waals surface area contributed by atoms with E-state index in [1.165, 1.54) is 31.1 Å². The third-order valence-electron chi connectivity index (χ3n) is 5.00. The van der Waals surface area contributed by atoms with Crippen molar-refractivity contribution in [2.24, 2.45) is 0 Å². The van der Waals surface area contributed by atoms with Gasteiger partial charge in [-0.05, 0) is 62.7 Å². The number of benzene rings is 2. The molecule has 0 radical (unpaired) electrons. The first-order chi connectivity index (χ1) is 15.8. The zero-order valence-corrected chi connectivity index (χ0v) is 21.4. The number of nitrogens with one attached hydrogen (secondary N) is 1. The average molecular weight is 513 g/mol. The van der Waals surface area contributed by atoms with Gasteiger partial charge in [-0.3, -0.25) is 9.59 Å². The smallest absolute Gasteiger partial charge is 0.304 e. The maximum atomic E-state index is 13.5. The molecule has 0 heterocycles. The summed E-state index contributed by atoms with van der Waals surface area (Å²) in [5.41, 5.74) is 0.833. The number of anilines is 1. The maximum Gasteiger partial charge on any atom is 0.304 e. The van der Waals surface area contributed by atoms with Crippen molar-refractivity contribution in [3.05, 3.63) is 64.9 Å². The Bertz CT molecular complexity index is 1090. The molecule has 2 aromatic rings. The van der Waals surface area contributed by atoms with Crippen molar-refractivity contribution in [2.75, 3.05) is 24.9 Å². The van der Waals surface area contributed by atoms with Crippen LogP contribution < -0.4 is 9.62 Å². The van der Waals surface area contributed by atoms with Crippen LogP contribution in [0.25, 0.3) is 0 Å². The summed E-state index contributed by atoms with van der Waals surface area (Å²) in [6, 6.07) is 10.5. The lowest BCUT2D eigenvalue weighted by atomic mass is 10.1. The standard InChI is InChI=1S/C23H30ClFN4O4S/c1-16(2)26-23(31)17(3)28(14-18-6-8-19(24)9-7-18)22(30)15-29(34(32,33)27(4)5)21-12-10-20(25)11-13-21/h6-13,16-17H,14-15H2,1-5H3,(H,26,31)/t17-/m0/s1. The number of amides is 2. The molecule has 0 saturated carbocycles. The molecule has 1 atom stereocenters. The molecule has 2 amide bonds. The zero-order chi connectivity index (χ0) is 25.6. The van der Waals surface area contributed by atoms with E-state index in [1.54, 1.807) is 45.0 Å². The number of halogens is 2. The first kappa shape index (κ1) is 27.6. The monoisotopic (exact) mass is 512 g/mol. The lowest BCUT2D eigenvalue weighted by Gasteiger charge is -2.33. The molecule has 0 unspecified atom stereocenters. The normalized spacial score (nSPS) is 12.5. The van der Waals surface area contributed by atoms with Gasteiger partial charge in [-0.1, -0.05) is 23.7 Å². The molecule has 0 spiro atoms. The Kier molecular flexibility index (Phi) is 9.43. The van der Waals surface area contributed by atoms with Gasteiger partial charge in [0.15, 0.2) is 0 Å². The second-order valence-electron chi connectivity index (χ2n) is 8.26. The van der Waals surface area contributed by atoms with Gasteiger partial charge in [0.1, 0.15) is 18.4 Å². The minimum atomic E-state index is -4.10. The number of hydrogen-bond donors (Lipinski definition) is 1. The van der Waals surface area contributed by atoms with E-state index in [9.17, 15) is 22.4 Å². The van der Waals surface area contributed by atoms with E-state index < -0.39 is 34.5 Å². The number of carbonyl (C=O) groups excluding carboxylic acids is 2. The quantitative estimate of drug-likeness (QED) is 0.530. The summed E-state index contributed by atoms with van der Waals surface area (Å²) in [7, 11) is -1.43. The Balaban J connectivity index is 2.43. The summed E-state index contributed by atoms with van der Waals surface area (Å²) in [4.78, 5) is 27.5. The summed E-state index contributed by atoms with van der Waals surface area (Å²) in [6.45, 7) is 4.65. The Hall–Kier alpha value is -2.69. The highest BCUT2D eigenvalue weighted by Crippen LogP contribution is 2.21. The summed E-state index contributed by atoms with van der Waals surface area (Å²) < 4.78 is 41.3. The Labute approximate surface area is 205 Å². The van der Waals surface area contributed by atoms with Gasteiger partial charge in [-0.25, -0.2) is 8.70 Å². The van der Waals surface area contributed by atoms with Crippen molar-refractivity contribution < 1.29 is 22.4 Å². The highest BCUT2D eigenvalue weighted by atomic mass is 35.5. The van der Waals surface area contributed by atoms with E-state index in [-0.39, 0.29) is 24.2 Å². The number of rotatable bonds is 10. The topological polar surface area (TPSA) is 90.0 Å². The van der Waals surface area contributed by atoms with Crippen molar-refractivity contribution >= 4 is 39.3 Å². The number of hydrogen-bond acceptors (Lipinski definition) is 4. The lowest BCUT2D eigenvalue weighted by Crippen LogP contribution is -2.53. The van der Waals surface area contributed by atoms with E-state index in [1.807, 2.05) is 0 Å². The van der Waals surface area contributed by atoms with E-state index in [0.717, 1.165) is 20.7 Å². The molecule has 186 valence electrons. The fourth-order valence-corrected chi connectivity index (χ4v) is 4.28. The van der Waals surface area contributed by atoms with Crippen LogP contribution in [0, 0.1) is 5.82 Å². The van der Waals surface area contributed by atoms with Crippen molar-refractivity contribution in [1.82, 2.24) is 14.5 Å². The Morgan fingerprint density at radius 1 is 1.00 bits per heavy atom. The van der Waals surface area contributed by atoms with Crippen LogP contribution in [0.3, 0.4) is 0 Å². The highest BCUT2D eigenvalue weighted by Gasteiger charge is 2.32. The predicted molar refractivity (Wildman–Crippen MR) is 131 cm³/mol. The molecule has 8 nitrogen and oxygen atoms in total. The zero-order valence-electron chi connectivity index (χ0n) is 19.8. The molecule has 34 heavy (non-hydrogen) atoms. The van der Waals surface area contributed by atoms with Gasteiger partial charge in [0, 0.05) is 31.7 Å². The molecule has 0 bridgehead atoms. The van der Waals surface area contributed by atoms with Crippen molar-refractivity contribution in [3.63, 3.8) is 0 Å². The van der Waals surface area contributed by atoms with Crippen LogP contribution >= 0.6 is 11.6 Å². The second kappa shape index (κ2) is 11.6. The molecule has 0 saturated heterocycles. The van der Waals surface area contributed by atoms with Crippen LogP contribution in [0.5, 0.6) is 0 Å². The van der Waals surface area contributed by atoms with E-state index in [4.69, 9.17) is 11.6 Å². The van der Waals surface area contributed by atoms with Gasteiger partial charge in [-0.15, -0.1) is 0 Å². The molecule has 0 aliphatic heterocycles. The SMILES string of the molecule is CC(C)NC(=O)[C@H](C)N(Cc1ccc(Cl)cc1)C(=O)CN(c1ccc(F)cc1)S(=O)(=O)N(C)C. The summed E-state index contributed by atoms with van der Waals surface area (Å²) >= 11 is 5.96. The molecule has 0 fully saturated rings. The van der Waals surface area contributed by atoms with E-state index in [2.05, 4.69) is 5.32 Å². The molecule has 2 rings (SSSR count). The fraction of sp³-hybridized carbons (Fsp3) is 0.391. The Morgan fingerprint density at radius 3 is 2.06 bits per heavy atom. The van der Waals surface area contributed by atoms with Crippen molar-refractivity contribution in [3.8, 4) is 0 Å². The van der Waals surface area contributed by atoms with Crippen LogP contribution in [0.1, 0.15) is 26.3 Å². The van der Waals surface area contributed by atoms with Crippen molar-refractivity contribution in [2.45, 2.75) is 39.4 Å². The molecular weight excluding hydrogens is 483 g/mol. The second-order valence-corrected chi connectivity index (χ2v) is 10.8. The van der Waals surface area contributed by atoms with Crippen LogP contribution in [0.15, 0.2) is 48.5 Å². The predicted octanol–water partition coefficient (Wildman–Crippen LogP) is 3.03. The lowest BCUT2D eigenvalue weighted by molar-refractivity contribution is -0.139. The van der Waals surface area contributed by atoms with Crippen molar-refractivity contribution in [1.29, 1.82) is 0 Å². The van der Waals surface area contributed by atoms with Crippen LogP contribution in [-0.4, -0.2) is 62.2 Å². The molecule has 11 heteroatoms. The van der Waals surface area contributed by atoms with Gasteiger partial charge < -0.3 is 10.2 Å². The Morgan fingerprint density at radius 2 is 1.56 bits per heavy atom. The van der Waals surface area contributed by atoms with Crippen LogP contribution in [-0.2, 0) is 26.3 Å². The van der Waals surface area contributed by atoms with Crippen LogP contribution in [0.2, 0.25) is 5.02 Å². The van der Waals surface area contributed by atoms with E-state index >= 15 is 0 Å². The first-order valence-corrected chi connectivity index (χ1v) is 12.4.